The minimum atomic E-state index is 0.646. The zero-order valence-electron chi connectivity index (χ0n) is 11.8. The van der Waals surface area contributed by atoms with Gasteiger partial charge in [-0.15, -0.1) is 11.8 Å². The van der Waals surface area contributed by atoms with Crippen LogP contribution in [0.3, 0.4) is 0 Å². The van der Waals surface area contributed by atoms with Crippen LogP contribution in [-0.2, 0) is 6.42 Å². The van der Waals surface area contributed by atoms with Crippen molar-refractivity contribution >= 4 is 11.8 Å². The maximum atomic E-state index is 3.72. The van der Waals surface area contributed by atoms with Gasteiger partial charge in [-0.2, -0.15) is 0 Å². The maximum absolute atomic E-state index is 3.72. The Morgan fingerprint density at radius 2 is 2.11 bits per heavy atom. The topological polar surface area (TPSA) is 12.0 Å². The largest absolute Gasteiger partial charge is 0.313 e. The molecule has 0 aromatic heterocycles. The van der Waals surface area contributed by atoms with Gasteiger partial charge in [0.1, 0.15) is 0 Å². The van der Waals surface area contributed by atoms with Crippen molar-refractivity contribution in [1.82, 2.24) is 5.32 Å². The van der Waals surface area contributed by atoms with Crippen LogP contribution in [0.1, 0.15) is 39.2 Å². The van der Waals surface area contributed by atoms with Crippen LogP contribution in [-0.4, -0.2) is 17.8 Å². The van der Waals surface area contributed by atoms with Gasteiger partial charge in [0, 0.05) is 16.2 Å². The second-order valence-electron chi connectivity index (χ2n) is 5.32. The molecule has 0 radical (unpaired) electrons. The average molecular weight is 263 g/mol. The SMILES string of the molecule is CCCC(C)C(NCC)C1Cc2ccccc2S1. The molecule has 0 fully saturated rings. The summed E-state index contributed by atoms with van der Waals surface area (Å²) < 4.78 is 0. The molecule has 2 heteroatoms. The Kier molecular flexibility index (Phi) is 5.13. The van der Waals surface area contributed by atoms with Crippen molar-refractivity contribution in [2.24, 2.45) is 5.92 Å². The molecular formula is C16H25NS. The quantitative estimate of drug-likeness (QED) is 0.828. The second kappa shape index (κ2) is 6.63. The number of benzene rings is 1. The van der Waals surface area contributed by atoms with Gasteiger partial charge in [-0.25, -0.2) is 0 Å². The standard InChI is InChI=1S/C16H25NS/c1-4-8-12(3)16(17-5-2)15-11-13-9-6-7-10-14(13)18-15/h6-7,9-10,12,15-17H,4-5,8,11H2,1-3H3. The lowest BCUT2D eigenvalue weighted by molar-refractivity contribution is 0.351. The van der Waals surface area contributed by atoms with E-state index in [4.69, 9.17) is 0 Å². The number of hydrogen-bond donors (Lipinski definition) is 1. The Morgan fingerprint density at radius 1 is 1.33 bits per heavy atom. The molecule has 0 amide bonds. The highest BCUT2D eigenvalue weighted by Crippen LogP contribution is 2.40. The first-order chi connectivity index (χ1) is 8.76. The molecular weight excluding hydrogens is 238 g/mol. The molecule has 18 heavy (non-hydrogen) atoms. The van der Waals surface area contributed by atoms with Gasteiger partial charge in [-0.1, -0.05) is 45.4 Å². The van der Waals surface area contributed by atoms with Crippen LogP contribution in [0.15, 0.2) is 29.2 Å². The van der Waals surface area contributed by atoms with E-state index in [1.807, 2.05) is 0 Å². The van der Waals surface area contributed by atoms with E-state index in [9.17, 15) is 0 Å². The molecule has 1 aromatic rings. The van der Waals surface area contributed by atoms with Gasteiger partial charge in [0.15, 0.2) is 0 Å². The number of thioether (sulfide) groups is 1. The normalized spacial score (nSPS) is 21.6. The lowest BCUT2D eigenvalue weighted by Gasteiger charge is -2.29. The molecule has 1 heterocycles. The summed E-state index contributed by atoms with van der Waals surface area (Å²) >= 11 is 2.08. The van der Waals surface area contributed by atoms with Gasteiger partial charge in [-0.3, -0.25) is 0 Å². The third-order valence-corrected chi connectivity index (χ3v) is 5.28. The van der Waals surface area contributed by atoms with Crippen molar-refractivity contribution in [3.8, 4) is 0 Å². The zero-order chi connectivity index (χ0) is 13.0. The van der Waals surface area contributed by atoms with Crippen LogP contribution in [0, 0.1) is 5.92 Å². The molecule has 0 bridgehead atoms. The number of nitrogens with one attached hydrogen (secondary N) is 1. The first-order valence-electron chi connectivity index (χ1n) is 7.24. The van der Waals surface area contributed by atoms with Gasteiger partial charge in [0.25, 0.3) is 0 Å². The molecule has 3 atom stereocenters. The zero-order valence-corrected chi connectivity index (χ0v) is 12.6. The monoisotopic (exact) mass is 263 g/mol. The number of fused-ring (bicyclic) bond motifs is 1. The number of hydrogen-bond acceptors (Lipinski definition) is 2. The molecule has 0 saturated carbocycles. The molecule has 1 N–H and O–H groups in total. The molecule has 1 aromatic carbocycles. The van der Waals surface area contributed by atoms with E-state index in [2.05, 4.69) is 62.1 Å². The Balaban J connectivity index is 2.05. The Hall–Kier alpha value is -0.470. The van der Waals surface area contributed by atoms with Crippen LogP contribution >= 0.6 is 11.8 Å². The summed E-state index contributed by atoms with van der Waals surface area (Å²) in [6.07, 6.45) is 3.84. The molecule has 1 nitrogen and oxygen atoms in total. The van der Waals surface area contributed by atoms with Crippen LogP contribution in [0.5, 0.6) is 0 Å². The van der Waals surface area contributed by atoms with Crippen molar-refractivity contribution in [3.05, 3.63) is 29.8 Å². The van der Waals surface area contributed by atoms with Gasteiger partial charge in [0.05, 0.1) is 0 Å². The second-order valence-corrected chi connectivity index (χ2v) is 6.60. The molecule has 0 spiro atoms. The Labute approximate surface area is 116 Å². The van der Waals surface area contributed by atoms with Gasteiger partial charge in [0.2, 0.25) is 0 Å². The summed E-state index contributed by atoms with van der Waals surface area (Å²) in [6, 6.07) is 9.53. The van der Waals surface area contributed by atoms with E-state index in [-0.39, 0.29) is 0 Å². The highest BCUT2D eigenvalue weighted by atomic mass is 32.2. The lowest BCUT2D eigenvalue weighted by atomic mass is 9.91. The maximum Gasteiger partial charge on any atom is 0.0291 e. The van der Waals surface area contributed by atoms with Crippen molar-refractivity contribution in [3.63, 3.8) is 0 Å². The van der Waals surface area contributed by atoms with E-state index < -0.39 is 0 Å². The van der Waals surface area contributed by atoms with Crippen molar-refractivity contribution in [2.75, 3.05) is 6.54 Å². The average Bonchev–Trinajstić information content (AvgIpc) is 2.79. The summed E-state index contributed by atoms with van der Waals surface area (Å²) in [4.78, 5) is 1.49. The van der Waals surface area contributed by atoms with Gasteiger partial charge < -0.3 is 5.32 Å². The molecule has 0 aliphatic carbocycles. The van der Waals surface area contributed by atoms with E-state index >= 15 is 0 Å². The summed E-state index contributed by atoms with van der Waals surface area (Å²) in [5.41, 5.74) is 1.54. The summed E-state index contributed by atoms with van der Waals surface area (Å²) in [6.45, 7) is 7.99. The van der Waals surface area contributed by atoms with Crippen molar-refractivity contribution in [2.45, 2.75) is 56.2 Å². The first kappa shape index (κ1) is 14.0. The third-order valence-electron chi connectivity index (χ3n) is 3.87. The summed E-state index contributed by atoms with van der Waals surface area (Å²) in [5.74, 6) is 0.766. The van der Waals surface area contributed by atoms with E-state index in [0.29, 0.717) is 11.3 Å². The predicted molar refractivity (Wildman–Crippen MR) is 81.3 cm³/mol. The van der Waals surface area contributed by atoms with E-state index in [0.717, 1.165) is 12.5 Å². The Morgan fingerprint density at radius 3 is 2.78 bits per heavy atom. The highest BCUT2D eigenvalue weighted by Gasteiger charge is 2.31. The summed E-state index contributed by atoms with van der Waals surface area (Å²) in [7, 11) is 0. The molecule has 0 saturated heterocycles. The van der Waals surface area contributed by atoms with Crippen LogP contribution in [0.4, 0.5) is 0 Å². The lowest BCUT2D eigenvalue weighted by Crippen LogP contribution is -2.43. The fraction of sp³-hybridized carbons (Fsp3) is 0.625. The molecule has 3 unspecified atom stereocenters. The number of rotatable bonds is 6. The van der Waals surface area contributed by atoms with Crippen molar-refractivity contribution < 1.29 is 0 Å². The minimum Gasteiger partial charge on any atom is -0.313 e. The molecule has 100 valence electrons. The van der Waals surface area contributed by atoms with Crippen LogP contribution < -0.4 is 5.32 Å². The van der Waals surface area contributed by atoms with Gasteiger partial charge >= 0.3 is 0 Å². The van der Waals surface area contributed by atoms with Crippen LogP contribution in [0.25, 0.3) is 0 Å². The third kappa shape index (κ3) is 3.10. The molecule has 1 aliphatic heterocycles. The predicted octanol–water partition coefficient (Wildman–Crippen LogP) is 4.12. The highest BCUT2D eigenvalue weighted by molar-refractivity contribution is 8.00. The van der Waals surface area contributed by atoms with E-state index in [1.165, 1.54) is 24.2 Å². The van der Waals surface area contributed by atoms with Crippen LogP contribution in [0.2, 0.25) is 0 Å². The van der Waals surface area contributed by atoms with Crippen molar-refractivity contribution in [1.29, 1.82) is 0 Å². The minimum absolute atomic E-state index is 0.646. The molecule has 1 aliphatic rings. The fourth-order valence-electron chi connectivity index (χ4n) is 2.98. The smallest absolute Gasteiger partial charge is 0.0291 e. The van der Waals surface area contributed by atoms with Gasteiger partial charge in [-0.05, 0) is 36.9 Å². The fourth-order valence-corrected chi connectivity index (χ4v) is 4.54. The molecule has 2 rings (SSSR count). The Bertz CT molecular complexity index is 352. The summed E-state index contributed by atoms with van der Waals surface area (Å²) in [5, 5.41) is 4.44. The van der Waals surface area contributed by atoms with E-state index in [1.54, 1.807) is 5.56 Å². The first-order valence-corrected chi connectivity index (χ1v) is 8.12.